The number of carboxylic acids is 1. The molecular weight excluding hydrogens is 351 g/mol. The zero-order chi connectivity index (χ0) is 12.7. The van der Waals surface area contributed by atoms with Crippen molar-refractivity contribution >= 4 is 41.2 Å². The number of aliphatic carboxylic acids is 1. The molecular formula is C12H15IO3S. The van der Waals surface area contributed by atoms with Crippen LogP contribution in [0, 0.1) is 3.57 Å². The average Bonchev–Trinajstić information content (AvgIpc) is 2.30. The lowest BCUT2D eigenvalue weighted by Crippen LogP contribution is -2.13. The van der Waals surface area contributed by atoms with Gasteiger partial charge < -0.3 is 9.84 Å². The first kappa shape index (κ1) is 14.6. The largest absolute Gasteiger partial charge is 0.494 e. The highest BCUT2D eigenvalue weighted by Gasteiger charge is 2.10. The van der Waals surface area contributed by atoms with E-state index in [1.807, 2.05) is 24.3 Å². The number of hydrogen-bond acceptors (Lipinski definition) is 3. The van der Waals surface area contributed by atoms with Crippen LogP contribution in [0.25, 0.3) is 0 Å². The number of hydrogen-bond donors (Lipinski definition) is 2. The molecule has 1 rings (SSSR count). The zero-order valence-corrected chi connectivity index (χ0v) is 12.4. The molecule has 5 heteroatoms. The van der Waals surface area contributed by atoms with E-state index in [0.29, 0.717) is 13.0 Å². The zero-order valence-electron chi connectivity index (χ0n) is 9.30. The molecule has 0 fully saturated rings. The topological polar surface area (TPSA) is 46.5 Å². The summed E-state index contributed by atoms with van der Waals surface area (Å²) in [7, 11) is 0. The van der Waals surface area contributed by atoms with Gasteiger partial charge in [-0.25, -0.2) is 0 Å². The van der Waals surface area contributed by atoms with Crippen LogP contribution in [-0.4, -0.2) is 22.9 Å². The van der Waals surface area contributed by atoms with Gasteiger partial charge in [0.25, 0.3) is 0 Å². The number of benzene rings is 1. The molecule has 3 nitrogen and oxygen atoms in total. The van der Waals surface area contributed by atoms with Gasteiger partial charge in [0.1, 0.15) is 5.75 Å². The van der Waals surface area contributed by atoms with E-state index in [-0.39, 0.29) is 0 Å². The summed E-state index contributed by atoms with van der Waals surface area (Å²) < 4.78 is 6.70. The van der Waals surface area contributed by atoms with E-state index in [1.54, 1.807) is 0 Å². The average molecular weight is 366 g/mol. The standard InChI is InChI=1S/C12H15IO3S/c13-9-4-6-10(7-5-9)16-8-2-1-3-11(17)12(14)15/h4-7,11,17H,1-3,8H2,(H,14,15). The Morgan fingerprint density at radius 1 is 1.35 bits per heavy atom. The molecule has 1 aromatic rings. The first-order valence-corrected chi connectivity index (χ1v) is 6.98. The lowest BCUT2D eigenvalue weighted by molar-refractivity contribution is -0.136. The molecule has 1 N–H and O–H groups in total. The maximum Gasteiger partial charge on any atom is 0.316 e. The van der Waals surface area contributed by atoms with Crippen LogP contribution in [0.5, 0.6) is 5.75 Å². The van der Waals surface area contributed by atoms with Crippen molar-refractivity contribution in [3.63, 3.8) is 0 Å². The Morgan fingerprint density at radius 2 is 2.00 bits per heavy atom. The minimum atomic E-state index is -0.855. The number of unbranched alkanes of at least 4 members (excludes halogenated alkanes) is 1. The number of halogens is 1. The van der Waals surface area contributed by atoms with Crippen molar-refractivity contribution < 1.29 is 14.6 Å². The van der Waals surface area contributed by atoms with Gasteiger partial charge in [-0.1, -0.05) is 0 Å². The van der Waals surface area contributed by atoms with Crippen LogP contribution in [0.3, 0.4) is 0 Å². The number of ether oxygens (including phenoxy) is 1. The third kappa shape index (κ3) is 6.16. The molecule has 0 aliphatic heterocycles. The number of carbonyl (C=O) groups is 1. The molecule has 0 amide bonds. The third-order valence-corrected chi connectivity index (χ3v) is 3.44. The van der Waals surface area contributed by atoms with Gasteiger partial charge in [-0.15, -0.1) is 0 Å². The summed E-state index contributed by atoms with van der Waals surface area (Å²) in [6.45, 7) is 0.612. The Balaban J connectivity index is 2.12. The summed E-state index contributed by atoms with van der Waals surface area (Å²) in [5.41, 5.74) is 0. The fourth-order valence-corrected chi connectivity index (χ4v) is 1.83. The van der Waals surface area contributed by atoms with E-state index in [1.165, 1.54) is 3.57 Å². The molecule has 0 spiro atoms. The SMILES string of the molecule is O=C(O)C(S)CCCCOc1ccc(I)cc1. The molecule has 0 bridgehead atoms. The van der Waals surface area contributed by atoms with E-state index in [0.717, 1.165) is 18.6 Å². The molecule has 1 atom stereocenters. The van der Waals surface area contributed by atoms with Gasteiger partial charge >= 0.3 is 5.97 Å². The maximum atomic E-state index is 10.5. The van der Waals surface area contributed by atoms with Gasteiger partial charge in [-0.2, -0.15) is 12.6 Å². The van der Waals surface area contributed by atoms with Crippen molar-refractivity contribution in [2.45, 2.75) is 24.5 Å². The number of carboxylic acid groups (broad SMARTS) is 1. The second-order valence-corrected chi connectivity index (χ2v) is 5.52. The first-order valence-electron chi connectivity index (χ1n) is 5.39. The normalized spacial score (nSPS) is 12.1. The van der Waals surface area contributed by atoms with Crippen molar-refractivity contribution in [1.29, 1.82) is 0 Å². The van der Waals surface area contributed by atoms with Crippen molar-refractivity contribution in [2.24, 2.45) is 0 Å². The highest BCUT2D eigenvalue weighted by atomic mass is 127. The highest BCUT2D eigenvalue weighted by Crippen LogP contribution is 2.14. The molecule has 17 heavy (non-hydrogen) atoms. The van der Waals surface area contributed by atoms with Gasteiger partial charge in [-0.3, -0.25) is 4.79 Å². The maximum absolute atomic E-state index is 10.5. The fourth-order valence-electron chi connectivity index (χ4n) is 1.28. The molecule has 0 saturated carbocycles. The van der Waals surface area contributed by atoms with Gasteiger partial charge in [0.05, 0.1) is 11.9 Å². The van der Waals surface area contributed by atoms with E-state index in [2.05, 4.69) is 35.2 Å². The summed E-state index contributed by atoms with van der Waals surface area (Å²) in [5, 5.41) is 8.07. The Kier molecular flexibility index (Phi) is 6.72. The Hall–Kier alpha value is -0.430. The van der Waals surface area contributed by atoms with Crippen molar-refractivity contribution in [1.82, 2.24) is 0 Å². The predicted octanol–water partition coefficient (Wildman–Crippen LogP) is 3.22. The lowest BCUT2D eigenvalue weighted by atomic mass is 10.2. The fraction of sp³-hybridized carbons (Fsp3) is 0.417. The minimum Gasteiger partial charge on any atom is -0.494 e. The van der Waals surface area contributed by atoms with Crippen LogP contribution in [-0.2, 0) is 4.79 Å². The van der Waals surface area contributed by atoms with Crippen LogP contribution in [0.4, 0.5) is 0 Å². The van der Waals surface area contributed by atoms with E-state index >= 15 is 0 Å². The molecule has 0 saturated heterocycles. The Morgan fingerprint density at radius 3 is 2.59 bits per heavy atom. The second kappa shape index (κ2) is 7.81. The van der Waals surface area contributed by atoms with Gasteiger partial charge in [0.15, 0.2) is 0 Å². The Bertz CT molecular complexity index is 353. The summed E-state index contributed by atoms with van der Waals surface area (Å²) in [6.07, 6.45) is 2.23. The minimum absolute atomic E-state index is 0.562. The van der Waals surface area contributed by atoms with Gasteiger partial charge in [-0.05, 0) is 66.1 Å². The highest BCUT2D eigenvalue weighted by molar-refractivity contribution is 14.1. The quantitative estimate of drug-likeness (QED) is 0.443. The molecule has 0 aromatic heterocycles. The molecule has 0 aliphatic carbocycles. The van der Waals surface area contributed by atoms with Crippen molar-refractivity contribution in [3.8, 4) is 5.75 Å². The van der Waals surface area contributed by atoms with Gasteiger partial charge in [0, 0.05) is 3.57 Å². The summed E-state index contributed by atoms with van der Waals surface area (Å²) in [5.74, 6) is -0.00189. The Labute approximate surface area is 120 Å². The molecule has 0 radical (unpaired) electrons. The first-order chi connectivity index (χ1) is 8.09. The van der Waals surface area contributed by atoms with Crippen LogP contribution >= 0.6 is 35.2 Å². The monoisotopic (exact) mass is 366 g/mol. The third-order valence-electron chi connectivity index (χ3n) is 2.24. The number of rotatable bonds is 7. The summed E-state index contributed by atoms with van der Waals surface area (Å²) >= 11 is 6.21. The lowest BCUT2D eigenvalue weighted by Gasteiger charge is -2.07. The smallest absolute Gasteiger partial charge is 0.316 e. The van der Waals surface area contributed by atoms with E-state index < -0.39 is 11.2 Å². The molecule has 0 heterocycles. The second-order valence-electron chi connectivity index (χ2n) is 3.65. The summed E-state index contributed by atoms with van der Waals surface area (Å²) in [6, 6.07) is 7.84. The van der Waals surface area contributed by atoms with E-state index in [9.17, 15) is 4.79 Å². The molecule has 1 unspecified atom stereocenters. The van der Waals surface area contributed by atoms with Crippen LogP contribution in [0.15, 0.2) is 24.3 Å². The van der Waals surface area contributed by atoms with Crippen LogP contribution in [0.2, 0.25) is 0 Å². The van der Waals surface area contributed by atoms with Crippen molar-refractivity contribution in [3.05, 3.63) is 27.8 Å². The van der Waals surface area contributed by atoms with Crippen LogP contribution < -0.4 is 4.74 Å². The molecule has 94 valence electrons. The van der Waals surface area contributed by atoms with Gasteiger partial charge in [0.2, 0.25) is 0 Å². The number of thiol groups is 1. The molecule has 0 aliphatic rings. The molecule has 1 aromatic carbocycles. The van der Waals surface area contributed by atoms with Crippen LogP contribution in [0.1, 0.15) is 19.3 Å². The summed E-state index contributed by atoms with van der Waals surface area (Å²) in [4.78, 5) is 10.5. The van der Waals surface area contributed by atoms with E-state index in [4.69, 9.17) is 9.84 Å². The van der Waals surface area contributed by atoms with Crippen molar-refractivity contribution in [2.75, 3.05) is 6.61 Å². The predicted molar refractivity (Wildman–Crippen MR) is 78.9 cm³/mol.